The molecule has 0 saturated carbocycles. The van der Waals surface area contributed by atoms with Crippen LogP contribution in [0.5, 0.6) is 0 Å². The molecule has 2 fully saturated rings. The summed E-state index contributed by atoms with van der Waals surface area (Å²) in [5, 5.41) is 0. The maximum absolute atomic E-state index is 13.0. The first-order valence-corrected chi connectivity index (χ1v) is 11.2. The molecule has 0 bridgehead atoms. The summed E-state index contributed by atoms with van der Waals surface area (Å²) in [6, 6.07) is 7.45. The van der Waals surface area contributed by atoms with Gasteiger partial charge < -0.3 is 4.90 Å². The van der Waals surface area contributed by atoms with E-state index in [4.69, 9.17) is 0 Å². The number of benzene rings is 1. The summed E-state index contributed by atoms with van der Waals surface area (Å²) < 4.78 is 65.8. The summed E-state index contributed by atoms with van der Waals surface area (Å²) in [6.45, 7) is 2.72. The predicted molar refractivity (Wildman–Crippen MR) is 102 cm³/mol. The van der Waals surface area contributed by atoms with Crippen LogP contribution in [-0.4, -0.2) is 79.9 Å². The van der Waals surface area contributed by atoms with Crippen LogP contribution in [0.4, 0.5) is 13.2 Å². The third-order valence-corrected chi connectivity index (χ3v) is 7.66. The van der Waals surface area contributed by atoms with Crippen molar-refractivity contribution in [2.75, 3.05) is 39.3 Å². The highest BCUT2D eigenvalue weighted by atomic mass is 32.2. The van der Waals surface area contributed by atoms with Crippen LogP contribution in [0.15, 0.2) is 35.2 Å². The Labute approximate surface area is 169 Å². The molecule has 10 heteroatoms. The highest BCUT2D eigenvalue weighted by Gasteiger charge is 2.43. The zero-order valence-electron chi connectivity index (χ0n) is 16.3. The highest BCUT2D eigenvalue weighted by Crippen LogP contribution is 2.33. The van der Waals surface area contributed by atoms with E-state index in [-0.39, 0.29) is 49.9 Å². The predicted octanol–water partition coefficient (Wildman–Crippen LogP) is 2.18. The fourth-order valence-electron chi connectivity index (χ4n) is 3.94. The van der Waals surface area contributed by atoms with Gasteiger partial charge in [0.2, 0.25) is 15.9 Å². The van der Waals surface area contributed by atoms with Crippen molar-refractivity contribution in [1.29, 1.82) is 0 Å². The molecular formula is C19H26F3N3O3S. The number of carbonyl (C=O) groups is 1. The van der Waals surface area contributed by atoms with Crippen LogP contribution in [0.25, 0.3) is 0 Å². The zero-order valence-corrected chi connectivity index (χ0v) is 17.1. The second kappa shape index (κ2) is 8.61. The van der Waals surface area contributed by atoms with Gasteiger partial charge in [0.1, 0.15) is 0 Å². The number of hydrogen-bond acceptors (Lipinski definition) is 4. The number of nitrogens with zero attached hydrogens (tertiary/aromatic N) is 3. The van der Waals surface area contributed by atoms with Crippen molar-refractivity contribution in [3.05, 3.63) is 30.3 Å². The molecule has 6 nitrogen and oxygen atoms in total. The van der Waals surface area contributed by atoms with Crippen LogP contribution in [0.2, 0.25) is 0 Å². The first-order valence-electron chi connectivity index (χ1n) is 9.75. The molecule has 2 heterocycles. The van der Waals surface area contributed by atoms with Crippen molar-refractivity contribution in [2.24, 2.45) is 5.92 Å². The highest BCUT2D eigenvalue weighted by molar-refractivity contribution is 7.89. The van der Waals surface area contributed by atoms with Crippen molar-refractivity contribution in [3.63, 3.8) is 0 Å². The van der Waals surface area contributed by atoms with Crippen LogP contribution in [-0.2, 0) is 14.8 Å². The largest absolute Gasteiger partial charge is 0.393 e. The number of piperazine rings is 1. The number of carbonyl (C=O) groups excluding carboxylic acids is 1. The minimum Gasteiger partial charge on any atom is -0.339 e. The minimum absolute atomic E-state index is 0.0942. The van der Waals surface area contributed by atoms with Crippen LogP contribution in [0, 0.1) is 5.92 Å². The van der Waals surface area contributed by atoms with Crippen molar-refractivity contribution >= 4 is 15.9 Å². The third-order valence-electron chi connectivity index (χ3n) is 5.75. The number of piperidine rings is 1. The van der Waals surface area contributed by atoms with E-state index >= 15 is 0 Å². The fraction of sp³-hybridized carbons (Fsp3) is 0.632. The molecule has 1 amide bonds. The van der Waals surface area contributed by atoms with Crippen LogP contribution >= 0.6 is 0 Å². The normalized spacial score (nSPS) is 23.7. The summed E-state index contributed by atoms with van der Waals surface area (Å²) >= 11 is 0. The summed E-state index contributed by atoms with van der Waals surface area (Å²) in [6.07, 6.45) is -3.75. The Hall–Kier alpha value is -1.65. The number of alkyl halides is 3. The molecule has 2 atom stereocenters. The Kier molecular flexibility index (Phi) is 6.54. The molecule has 2 saturated heterocycles. The number of amides is 1. The van der Waals surface area contributed by atoms with Gasteiger partial charge in [-0.3, -0.25) is 9.69 Å². The summed E-state index contributed by atoms with van der Waals surface area (Å²) in [4.78, 5) is 16.2. The molecule has 0 N–H and O–H groups in total. The molecule has 0 aliphatic carbocycles. The first-order chi connectivity index (χ1) is 13.6. The quantitative estimate of drug-likeness (QED) is 0.730. The Bertz CT molecular complexity index is 809. The van der Waals surface area contributed by atoms with E-state index in [1.807, 2.05) is 0 Å². The molecule has 2 aliphatic rings. The van der Waals surface area contributed by atoms with E-state index in [0.717, 1.165) is 0 Å². The van der Waals surface area contributed by atoms with Gasteiger partial charge >= 0.3 is 6.18 Å². The lowest BCUT2D eigenvalue weighted by Gasteiger charge is -2.40. The van der Waals surface area contributed by atoms with E-state index in [2.05, 4.69) is 0 Å². The van der Waals surface area contributed by atoms with E-state index in [1.54, 1.807) is 34.9 Å². The molecule has 1 aromatic carbocycles. The molecule has 1 aromatic rings. The zero-order chi connectivity index (χ0) is 21.2. The third kappa shape index (κ3) is 4.92. The van der Waals surface area contributed by atoms with E-state index < -0.39 is 28.2 Å². The Morgan fingerprint density at radius 1 is 1.07 bits per heavy atom. The van der Waals surface area contributed by atoms with E-state index in [9.17, 15) is 26.4 Å². The van der Waals surface area contributed by atoms with Gasteiger partial charge in [0.05, 0.1) is 16.9 Å². The lowest BCUT2D eigenvalue weighted by atomic mass is 9.96. The molecule has 0 spiro atoms. The summed E-state index contributed by atoms with van der Waals surface area (Å²) in [7, 11) is -3.62. The summed E-state index contributed by atoms with van der Waals surface area (Å²) in [5.41, 5.74) is 0. The van der Waals surface area contributed by atoms with Crippen LogP contribution in [0.1, 0.15) is 19.8 Å². The number of rotatable bonds is 4. The standard InChI is InChI=1S/C19H26F3N3O3S/c1-15(24-9-5-6-16(14-24)19(20,21)22)18(26)23-10-12-25(13-11-23)29(27,28)17-7-3-2-4-8-17/h2-4,7-8,15-16H,5-6,9-14H2,1H3/t15-,16-/m0/s1. The molecule has 29 heavy (non-hydrogen) atoms. The monoisotopic (exact) mass is 433 g/mol. The van der Waals surface area contributed by atoms with Gasteiger partial charge in [-0.25, -0.2) is 8.42 Å². The van der Waals surface area contributed by atoms with Crippen LogP contribution < -0.4 is 0 Å². The first kappa shape index (κ1) is 22.0. The topological polar surface area (TPSA) is 60.9 Å². The smallest absolute Gasteiger partial charge is 0.339 e. The van der Waals surface area contributed by atoms with Crippen molar-refractivity contribution in [1.82, 2.24) is 14.1 Å². The average molecular weight is 433 g/mol. The average Bonchev–Trinajstić information content (AvgIpc) is 2.73. The SMILES string of the molecule is C[C@@H](C(=O)N1CCN(S(=O)(=O)c2ccccc2)CC1)N1CCC[C@H](C(F)(F)F)C1. The van der Waals surface area contributed by atoms with Gasteiger partial charge in [-0.2, -0.15) is 17.5 Å². The molecule has 162 valence electrons. The van der Waals surface area contributed by atoms with Gasteiger partial charge in [-0.05, 0) is 38.4 Å². The molecule has 0 aromatic heterocycles. The van der Waals surface area contributed by atoms with Gasteiger partial charge in [0.15, 0.2) is 0 Å². The molecule has 0 unspecified atom stereocenters. The number of halogens is 3. The lowest BCUT2D eigenvalue weighted by Crippen LogP contribution is -2.56. The number of hydrogen-bond donors (Lipinski definition) is 0. The van der Waals surface area contributed by atoms with Gasteiger partial charge in [-0.15, -0.1) is 0 Å². The van der Waals surface area contributed by atoms with Gasteiger partial charge in [-0.1, -0.05) is 18.2 Å². The second-order valence-corrected chi connectivity index (χ2v) is 9.53. The summed E-state index contributed by atoms with van der Waals surface area (Å²) in [5.74, 6) is -1.65. The van der Waals surface area contributed by atoms with E-state index in [1.165, 1.54) is 16.4 Å². The molecule has 3 rings (SSSR count). The number of likely N-dealkylation sites (tertiary alicyclic amines) is 1. The van der Waals surface area contributed by atoms with Crippen LogP contribution in [0.3, 0.4) is 0 Å². The van der Waals surface area contributed by atoms with E-state index in [0.29, 0.717) is 13.0 Å². The second-order valence-electron chi connectivity index (χ2n) is 7.59. The Morgan fingerprint density at radius 3 is 2.28 bits per heavy atom. The van der Waals surface area contributed by atoms with Crippen molar-refractivity contribution < 1.29 is 26.4 Å². The van der Waals surface area contributed by atoms with Crippen molar-refractivity contribution in [2.45, 2.75) is 36.9 Å². The van der Waals surface area contributed by atoms with Gasteiger partial charge in [0.25, 0.3) is 0 Å². The maximum atomic E-state index is 13.0. The fourth-order valence-corrected chi connectivity index (χ4v) is 5.38. The minimum atomic E-state index is -4.25. The molecule has 0 radical (unpaired) electrons. The maximum Gasteiger partial charge on any atom is 0.393 e. The molecular weight excluding hydrogens is 407 g/mol. The van der Waals surface area contributed by atoms with Crippen molar-refractivity contribution in [3.8, 4) is 0 Å². The Morgan fingerprint density at radius 2 is 1.69 bits per heavy atom. The Balaban J connectivity index is 1.58. The van der Waals surface area contributed by atoms with Gasteiger partial charge in [0, 0.05) is 32.7 Å². The lowest BCUT2D eigenvalue weighted by molar-refractivity contribution is -0.189. The molecule has 2 aliphatic heterocycles. The number of sulfonamides is 1.